The van der Waals surface area contributed by atoms with Crippen molar-refractivity contribution >= 4 is 5.78 Å². The highest BCUT2D eigenvalue weighted by molar-refractivity contribution is 5.91. The van der Waals surface area contributed by atoms with Gasteiger partial charge in [-0.05, 0) is 31.3 Å². The SMILES string of the molecule is CC/C=C/C(=O)C1CCCC(C)C1. The molecule has 0 amide bonds. The first-order chi connectivity index (χ1) is 6.24. The van der Waals surface area contributed by atoms with Gasteiger partial charge in [-0.15, -0.1) is 0 Å². The zero-order valence-electron chi connectivity index (χ0n) is 8.75. The Morgan fingerprint density at radius 1 is 1.46 bits per heavy atom. The standard InChI is InChI=1S/C12H20O/c1-3-4-8-12(13)11-7-5-6-10(2)9-11/h4,8,10-11H,3,5-7,9H2,1-2H3/b8-4+. The molecule has 0 aliphatic heterocycles. The van der Waals surface area contributed by atoms with Gasteiger partial charge in [-0.25, -0.2) is 0 Å². The van der Waals surface area contributed by atoms with E-state index in [1.807, 2.05) is 6.08 Å². The highest BCUT2D eigenvalue weighted by Gasteiger charge is 2.22. The Hall–Kier alpha value is -0.590. The topological polar surface area (TPSA) is 17.1 Å². The molecule has 2 unspecified atom stereocenters. The fourth-order valence-electron chi connectivity index (χ4n) is 2.06. The van der Waals surface area contributed by atoms with Crippen molar-refractivity contribution in [2.24, 2.45) is 11.8 Å². The zero-order valence-corrected chi connectivity index (χ0v) is 8.75. The Morgan fingerprint density at radius 2 is 2.23 bits per heavy atom. The molecule has 74 valence electrons. The lowest BCUT2D eigenvalue weighted by Gasteiger charge is -2.24. The summed E-state index contributed by atoms with van der Waals surface area (Å²) < 4.78 is 0. The van der Waals surface area contributed by atoms with Crippen LogP contribution in [0.15, 0.2) is 12.2 Å². The van der Waals surface area contributed by atoms with Crippen LogP contribution in [0.3, 0.4) is 0 Å². The second kappa shape index (κ2) is 5.21. The van der Waals surface area contributed by atoms with Crippen LogP contribution in [-0.2, 0) is 4.79 Å². The van der Waals surface area contributed by atoms with Crippen LogP contribution >= 0.6 is 0 Å². The molecule has 0 heterocycles. The Labute approximate surface area is 81.2 Å². The van der Waals surface area contributed by atoms with Crippen LogP contribution in [0.5, 0.6) is 0 Å². The molecule has 0 aromatic carbocycles. The molecule has 0 saturated heterocycles. The maximum Gasteiger partial charge on any atom is 0.158 e. The van der Waals surface area contributed by atoms with Gasteiger partial charge in [0.2, 0.25) is 0 Å². The van der Waals surface area contributed by atoms with Crippen LogP contribution in [0.25, 0.3) is 0 Å². The Kier molecular flexibility index (Phi) is 4.20. The van der Waals surface area contributed by atoms with Crippen molar-refractivity contribution in [1.29, 1.82) is 0 Å². The first kappa shape index (κ1) is 10.5. The number of carbonyl (C=O) groups is 1. The van der Waals surface area contributed by atoms with E-state index in [-0.39, 0.29) is 0 Å². The summed E-state index contributed by atoms with van der Waals surface area (Å²) in [5, 5.41) is 0. The van der Waals surface area contributed by atoms with Crippen molar-refractivity contribution in [3.63, 3.8) is 0 Å². The molecule has 1 saturated carbocycles. The summed E-state index contributed by atoms with van der Waals surface area (Å²) in [6, 6.07) is 0. The second-order valence-corrected chi connectivity index (χ2v) is 4.18. The Morgan fingerprint density at radius 3 is 2.85 bits per heavy atom. The maximum atomic E-state index is 11.6. The van der Waals surface area contributed by atoms with Gasteiger partial charge in [-0.3, -0.25) is 4.79 Å². The van der Waals surface area contributed by atoms with Crippen molar-refractivity contribution < 1.29 is 4.79 Å². The molecule has 1 heteroatoms. The summed E-state index contributed by atoms with van der Waals surface area (Å²) >= 11 is 0. The van der Waals surface area contributed by atoms with Crippen LogP contribution in [0.2, 0.25) is 0 Å². The largest absolute Gasteiger partial charge is 0.295 e. The first-order valence-electron chi connectivity index (χ1n) is 5.44. The smallest absolute Gasteiger partial charge is 0.158 e. The van der Waals surface area contributed by atoms with E-state index in [0.717, 1.165) is 25.2 Å². The molecule has 0 aromatic rings. The third-order valence-electron chi connectivity index (χ3n) is 2.86. The molecule has 0 N–H and O–H groups in total. The summed E-state index contributed by atoms with van der Waals surface area (Å²) in [6.07, 6.45) is 9.47. The molecule has 1 aliphatic carbocycles. The van der Waals surface area contributed by atoms with Gasteiger partial charge in [0.15, 0.2) is 5.78 Å². The molecule has 0 radical (unpaired) electrons. The quantitative estimate of drug-likeness (QED) is 0.609. The number of ketones is 1. The maximum absolute atomic E-state index is 11.6. The number of hydrogen-bond donors (Lipinski definition) is 0. The number of hydrogen-bond acceptors (Lipinski definition) is 1. The molecule has 0 bridgehead atoms. The number of carbonyl (C=O) groups excluding carboxylic acids is 1. The summed E-state index contributed by atoms with van der Waals surface area (Å²) in [6.45, 7) is 4.32. The minimum atomic E-state index is 0.326. The highest BCUT2D eigenvalue weighted by Crippen LogP contribution is 2.29. The minimum absolute atomic E-state index is 0.326. The second-order valence-electron chi connectivity index (χ2n) is 4.18. The fourth-order valence-corrected chi connectivity index (χ4v) is 2.06. The summed E-state index contributed by atoms with van der Waals surface area (Å²) in [5.41, 5.74) is 0. The van der Waals surface area contributed by atoms with E-state index in [1.165, 1.54) is 12.8 Å². The van der Waals surface area contributed by atoms with E-state index in [2.05, 4.69) is 13.8 Å². The lowest BCUT2D eigenvalue weighted by Crippen LogP contribution is -2.20. The normalized spacial score (nSPS) is 29.4. The highest BCUT2D eigenvalue weighted by atomic mass is 16.1. The third kappa shape index (κ3) is 3.33. The van der Waals surface area contributed by atoms with E-state index >= 15 is 0 Å². The average molecular weight is 180 g/mol. The van der Waals surface area contributed by atoms with E-state index in [9.17, 15) is 4.79 Å². The molecular weight excluding hydrogens is 160 g/mol. The van der Waals surface area contributed by atoms with Crippen molar-refractivity contribution in [2.75, 3.05) is 0 Å². The monoisotopic (exact) mass is 180 g/mol. The zero-order chi connectivity index (χ0) is 9.68. The molecule has 0 aromatic heterocycles. The van der Waals surface area contributed by atoms with E-state index < -0.39 is 0 Å². The van der Waals surface area contributed by atoms with E-state index in [4.69, 9.17) is 0 Å². The Bertz CT molecular complexity index is 193. The predicted octanol–water partition coefficient (Wildman–Crippen LogP) is 3.35. The van der Waals surface area contributed by atoms with Crippen molar-refractivity contribution in [3.8, 4) is 0 Å². The first-order valence-corrected chi connectivity index (χ1v) is 5.44. The van der Waals surface area contributed by atoms with Gasteiger partial charge < -0.3 is 0 Å². The van der Waals surface area contributed by atoms with E-state index in [1.54, 1.807) is 6.08 Å². The van der Waals surface area contributed by atoms with Crippen LogP contribution in [-0.4, -0.2) is 5.78 Å². The lowest BCUT2D eigenvalue weighted by atomic mass is 9.80. The Balaban J connectivity index is 2.41. The van der Waals surface area contributed by atoms with Crippen molar-refractivity contribution in [2.45, 2.75) is 46.0 Å². The third-order valence-corrected chi connectivity index (χ3v) is 2.86. The molecule has 1 aliphatic rings. The number of allylic oxidation sites excluding steroid dienone is 2. The van der Waals surface area contributed by atoms with Gasteiger partial charge in [0.25, 0.3) is 0 Å². The van der Waals surface area contributed by atoms with E-state index in [0.29, 0.717) is 11.7 Å². The van der Waals surface area contributed by atoms with Gasteiger partial charge in [0.1, 0.15) is 0 Å². The molecule has 2 atom stereocenters. The van der Waals surface area contributed by atoms with Gasteiger partial charge in [-0.2, -0.15) is 0 Å². The molecule has 13 heavy (non-hydrogen) atoms. The van der Waals surface area contributed by atoms with Gasteiger partial charge >= 0.3 is 0 Å². The molecule has 0 spiro atoms. The summed E-state index contributed by atoms with van der Waals surface area (Å²) in [4.78, 5) is 11.6. The molecular formula is C12H20O. The average Bonchev–Trinajstić information content (AvgIpc) is 2.14. The lowest BCUT2D eigenvalue weighted by molar-refractivity contribution is -0.119. The van der Waals surface area contributed by atoms with Crippen LogP contribution in [0.4, 0.5) is 0 Å². The van der Waals surface area contributed by atoms with Crippen LogP contribution < -0.4 is 0 Å². The van der Waals surface area contributed by atoms with Crippen molar-refractivity contribution in [1.82, 2.24) is 0 Å². The van der Waals surface area contributed by atoms with Crippen LogP contribution in [0, 0.1) is 11.8 Å². The fraction of sp³-hybridized carbons (Fsp3) is 0.750. The predicted molar refractivity (Wildman–Crippen MR) is 55.6 cm³/mol. The molecule has 1 fully saturated rings. The molecule has 1 nitrogen and oxygen atoms in total. The van der Waals surface area contributed by atoms with Gasteiger partial charge in [0, 0.05) is 5.92 Å². The number of rotatable bonds is 3. The summed E-state index contributed by atoms with van der Waals surface area (Å²) in [5.74, 6) is 1.43. The van der Waals surface area contributed by atoms with Crippen LogP contribution in [0.1, 0.15) is 46.0 Å². The molecule has 1 rings (SSSR count). The van der Waals surface area contributed by atoms with Crippen molar-refractivity contribution in [3.05, 3.63) is 12.2 Å². The minimum Gasteiger partial charge on any atom is -0.295 e. The van der Waals surface area contributed by atoms with Gasteiger partial charge in [0.05, 0.1) is 0 Å². The summed E-state index contributed by atoms with van der Waals surface area (Å²) in [7, 11) is 0. The van der Waals surface area contributed by atoms with Gasteiger partial charge in [-0.1, -0.05) is 32.8 Å².